The van der Waals surface area contributed by atoms with Gasteiger partial charge in [-0.05, 0) is 25.8 Å². The van der Waals surface area contributed by atoms with Crippen molar-refractivity contribution in [2.24, 2.45) is 5.73 Å². The molecular weight excluding hydrogens is 202 g/mol. The van der Waals surface area contributed by atoms with Gasteiger partial charge in [0.1, 0.15) is 0 Å². The molecule has 0 atom stereocenters. The van der Waals surface area contributed by atoms with Crippen LogP contribution in [0, 0.1) is 0 Å². The number of aromatic nitrogens is 3. The maximum atomic E-state index is 5.50. The van der Waals surface area contributed by atoms with Crippen molar-refractivity contribution < 1.29 is 0 Å². The lowest BCUT2D eigenvalue weighted by atomic mass is 10.4. The number of nitrogens with zero attached hydrogens (tertiary/aromatic N) is 4. The SMILES string of the molecule is CCCN(CCn1cc(CN)nn1)C1CC1. The van der Waals surface area contributed by atoms with Crippen LogP contribution in [0.5, 0.6) is 0 Å². The van der Waals surface area contributed by atoms with E-state index in [-0.39, 0.29) is 0 Å². The van der Waals surface area contributed by atoms with E-state index in [0.29, 0.717) is 6.54 Å². The molecule has 0 radical (unpaired) electrons. The lowest BCUT2D eigenvalue weighted by Gasteiger charge is -2.20. The van der Waals surface area contributed by atoms with Crippen LogP contribution >= 0.6 is 0 Å². The van der Waals surface area contributed by atoms with E-state index in [1.54, 1.807) is 0 Å². The van der Waals surface area contributed by atoms with Gasteiger partial charge in [-0.3, -0.25) is 9.58 Å². The lowest BCUT2D eigenvalue weighted by Crippen LogP contribution is -2.30. The van der Waals surface area contributed by atoms with E-state index >= 15 is 0 Å². The minimum Gasteiger partial charge on any atom is -0.325 e. The van der Waals surface area contributed by atoms with Crippen LogP contribution in [-0.4, -0.2) is 39.0 Å². The molecule has 0 aliphatic heterocycles. The van der Waals surface area contributed by atoms with Gasteiger partial charge in [0.05, 0.1) is 12.2 Å². The molecule has 0 unspecified atom stereocenters. The van der Waals surface area contributed by atoms with Crippen LogP contribution in [0.15, 0.2) is 6.20 Å². The predicted octanol–water partition coefficient (Wildman–Crippen LogP) is 0.611. The summed E-state index contributed by atoms with van der Waals surface area (Å²) in [7, 11) is 0. The molecule has 1 heterocycles. The zero-order valence-electron chi connectivity index (χ0n) is 9.97. The van der Waals surface area contributed by atoms with Crippen LogP contribution in [0.1, 0.15) is 31.9 Å². The molecule has 5 heteroatoms. The Kier molecular flexibility index (Phi) is 3.90. The molecule has 1 aromatic rings. The molecule has 0 spiro atoms. The van der Waals surface area contributed by atoms with Crippen LogP contribution < -0.4 is 5.73 Å². The summed E-state index contributed by atoms with van der Waals surface area (Å²) in [5.74, 6) is 0. The van der Waals surface area contributed by atoms with Gasteiger partial charge in [-0.25, -0.2) is 0 Å². The second-order valence-corrected chi connectivity index (χ2v) is 4.44. The highest BCUT2D eigenvalue weighted by Gasteiger charge is 2.27. The molecule has 2 rings (SSSR count). The third kappa shape index (κ3) is 3.02. The summed E-state index contributed by atoms with van der Waals surface area (Å²) < 4.78 is 1.90. The van der Waals surface area contributed by atoms with E-state index in [4.69, 9.17) is 5.73 Å². The van der Waals surface area contributed by atoms with Crippen molar-refractivity contribution in [2.45, 2.75) is 45.3 Å². The highest BCUT2D eigenvalue weighted by atomic mass is 15.4. The molecule has 16 heavy (non-hydrogen) atoms. The molecular formula is C11H21N5. The summed E-state index contributed by atoms with van der Waals surface area (Å²) in [6, 6.07) is 0.831. The number of nitrogens with two attached hydrogens (primary N) is 1. The highest BCUT2D eigenvalue weighted by molar-refractivity contribution is 4.90. The molecule has 1 fully saturated rings. The van der Waals surface area contributed by atoms with Gasteiger partial charge in [-0.2, -0.15) is 0 Å². The van der Waals surface area contributed by atoms with Gasteiger partial charge in [0.25, 0.3) is 0 Å². The third-order valence-electron chi connectivity index (χ3n) is 2.99. The second-order valence-electron chi connectivity index (χ2n) is 4.44. The monoisotopic (exact) mass is 223 g/mol. The van der Waals surface area contributed by atoms with E-state index in [9.17, 15) is 0 Å². The van der Waals surface area contributed by atoms with Crippen LogP contribution in [-0.2, 0) is 13.1 Å². The maximum Gasteiger partial charge on any atom is 0.0962 e. The first kappa shape index (κ1) is 11.5. The van der Waals surface area contributed by atoms with Crippen molar-refractivity contribution >= 4 is 0 Å². The van der Waals surface area contributed by atoms with E-state index in [1.807, 2.05) is 10.9 Å². The summed E-state index contributed by atoms with van der Waals surface area (Å²) in [6.45, 7) is 5.90. The molecule has 0 bridgehead atoms. The second kappa shape index (κ2) is 5.41. The Labute approximate surface area is 96.6 Å². The Bertz CT molecular complexity index is 318. The quantitative estimate of drug-likeness (QED) is 0.736. The highest BCUT2D eigenvalue weighted by Crippen LogP contribution is 2.26. The largest absolute Gasteiger partial charge is 0.325 e. The predicted molar refractivity (Wildman–Crippen MR) is 62.8 cm³/mol. The van der Waals surface area contributed by atoms with Crippen molar-refractivity contribution in [1.29, 1.82) is 0 Å². The van der Waals surface area contributed by atoms with Gasteiger partial charge in [0.2, 0.25) is 0 Å². The number of rotatable bonds is 7. The van der Waals surface area contributed by atoms with E-state index in [2.05, 4.69) is 22.1 Å². The number of hydrogen-bond acceptors (Lipinski definition) is 4. The van der Waals surface area contributed by atoms with Crippen molar-refractivity contribution in [3.05, 3.63) is 11.9 Å². The first-order chi connectivity index (χ1) is 7.83. The van der Waals surface area contributed by atoms with Gasteiger partial charge in [-0.15, -0.1) is 5.10 Å². The summed E-state index contributed by atoms with van der Waals surface area (Å²) in [5.41, 5.74) is 6.37. The maximum absolute atomic E-state index is 5.50. The van der Waals surface area contributed by atoms with E-state index in [0.717, 1.165) is 24.8 Å². The Morgan fingerprint density at radius 3 is 2.88 bits per heavy atom. The molecule has 1 aromatic heterocycles. The Morgan fingerprint density at radius 1 is 1.50 bits per heavy atom. The Morgan fingerprint density at radius 2 is 2.31 bits per heavy atom. The summed E-state index contributed by atoms with van der Waals surface area (Å²) in [6.07, 6.45) is 5.90. The summed E-state index contributed by atoms with van der Waals surface area (Å²) in [4.78, 5) is 2.56. The Hall–Kier alpha value is -0.940. The zero-order valence-corrected chi connectivity index (χ0v) is 9.97. The topological polar surface area (TPSA) is 60.0 Å². The van der Waals surface area contributed by atoms with Crippen LogP contribution in [0.25, 0.3) is 0 Å². The molecule has 90 valence electrons. The minimum absolute atomic E-state index is 0.474. The summed E-state index contributed by atoms with van der Waals surface area (Å²) >= 11 is 0. The minimum atomic E-state index is 0.474. The molecule has 0 saturated heterocycles. The number of hydrogen-bond donors (Lipinski definition) is 1. The molecule has 1 aliphatic rings. The average molecular weight is 223 g/mol. The molecule has 0 aromatic carbocycles. The Balaban J connectivity index is 1.80. The van der Waals surface area contributed by atoms with Gasteiger partial charge in [0, 0.05) is 25.3 Å². The molecule has 1 aliphatic carbocycles. The molecule has 2 N–H and O–H groups in total. The first-order valence-electron chi connectivity index (χ1n) is 6.16. The normalized spacial score (nSPS) is 15.9. The zero-order chi connectivity index (χ0) is 11.4. The van der Waals surface area contributed by atoms with Crippen molar-refractivity contribution in [1.82, 2.24) is 19.9 Å². The van der Waals surface area contributed by atoms with Crippen LogP contribution in [0.4, 0.5) is 0 Å². The van der Waals surface area contributed by atoms with E-state index < -0.39 is 0 Å². The molecule has 1 saturated carbocycles. The van der Waals surface area contributed by atoms with Crippen molar-refractivity contribution in [3.8, 4) is 0 Å². The lowest BCUT2D eigenvalue weighted by molar-refractivity contribution is 0.248. The van der Waals surface area contributed by atoms with Gasteiger partial charge < -0.3 is 5.73 Å². The standard InChI is InChI=1S/C11H21N5/c1-2-5-15(11-3-4-11)6-7-16-9-10(8-12)13-14-16/h9,11H,2-8,12H2,1H3. The van der Waals surface area contributed by atoms with Gasteiger partial charge in [0.15, 0.2) is 0 Å². The molecule has 0 amide bonds. The van der Waals surface area contributed by atoms with Gasteiger partial charge >= 0.3 is 0 Å². The van der Waals surface area contributed by atoms with Gasteiger partial charge in [-0.1, -0.05) is 12.1 Å². The van der Waals surface area contributed by atoms with E-state index in [1.165, 1.54) is 25.8 Å². The fraction of sp³-hybridized carbons (Fsp3) is 0.818. The fourth-order valence-electron chi connectivity index (χ4n) is 1.98. The molecule has 5 nitrogen and oxygen atoms in total. The van der Waals surface area contributed by atoms with Crippen molar-refractivity contribution in [2.75, 3.05) is 13.1 Å². The average Bonchev–Trinajstić information content (AvgIpc) is 3.03. The first-order valence-corrected chi connectivity index (χ1v) is 6.16. The van der Waals surface area contributed by atoms with Crippen LogP contribution in [0.3, 0.4) is 0 Å². The smallest absolute Gasteiger partial charge is 0.0962 e. The van der Waals surface area contributed by atoms with Crippen LogP contribution in [0.2, 0.25) is 0 Å². The summed E-state index contributed by atoms with van der Waals surface area (Å²) in [5, 5.41) is 8.05. The van der Waals surface area contributed by atoms with Crippen molar-refractivity contribution in [3.63, 3.8) is 0 Å². The third-order valence-corrected chi connectivity index (χ3v) is 2.99. The fourth-order valence-corrected chi connectivity index (χ4v) is 1.98.